The fourth-order valence-corrected chi connectivity index (χ4v) is 6.89. The van der Waals surface area contributed by atoms with Crippen LogP contribution in [0.15, 0.2) is 152 Å². The van der Waals surface area contributed by atoms with Crippen molar-refractivity contribution < 1.29 is 0 Å². The third-order valence-electron chi connectivity index (χ3n) is 9.08. The second-order valence-electron chi connectivity index (χ2n) is 12.3. The van der Waals surface area contributed by atoms with E-state index in [1.807, 2.05) is 49.4 Å². The molecule has 0 saturated carbocycles. The molecule has 0 atom stereocenters. The van der Waals surface area contributed by atoms with E-state index in [1.165, 1.54) is 0 Å². The fourth-order valence-electron chi connectivity index (χ4n) is 6.89. The van der Waals surface area contributed by atoms with Crippen LogP contribution in [0.5, 0.6) is 0 Å². The summed E-state index contributed by atoms with van der Waals surface area (Å²) in [5.41, 5.74) is 6.53. The Morgan fingerprint density at radius 1 is 0.571 bits per heavy atom. The van der Waals surface area contributed by atoms with Crippen LogP contribution in [0.1, 0.15) is 12.5 Å². The number of amidine groups is 1. The molecule has 0 aliphatic carbocycles. The summed E-state index contributed by atoms with van der Waals surface area (Å²) in [7, 11) is 0. The van der Waals surface area contributed by atoms with Gasteiger partial charge in [0.05, 0.1) is 34.1 Å². The Morgan fingerprint density at radius 2 is 1.11 bits per heavy atom. The van der Waals surface area contributed by atoms with Gasteiger partial charge in [-0.1, -0.05) is 24.3 Å². The largest absolute Gasteiger partial charge is 0.308 e. The lowest BCUT2D eigenvalue weighted by Crippen LogP contribution is -2.06. The van der Waals surface area contributed by atoms with E-state index in [0.29, 0.717) is 62.4 Å². The zero-order valence-electron chi connectivity index (χ0n) is 29.8. The van der Waals surface area contributed by atoms with Crippen molar-refractivity contribution in [3.05, 3.63) is 153 Å². The predicted octanol–water partition coefficient (Wildman–Crippen LogP) is 8.04. The smallest absolute Gasteiger partial charge is 0.162 e. The number of hydrogen-bond donors (Lipinski definition) is 1. The Morgan fingerprint density at radius 3 is 1.66 bits per heavy atom. The maximum atomic E-state index is 9.43. The van der Waals surface area contributed by atoms with Crippen LogP contribution in [-0.2, 0) is 0 Å². The van der Waals surface area contributed by atoms with Gasteiger partial charge in [-0.15, -0.1) is 0 Å². The molecule has 0 aliphatic rings. The highest BCUT2D eigenvalue weighted by Crippen LogP contribution is 2.49. The van der Waals surface area contributed by atoms with Gasteiger partial charge in [0.15, 0.2) is 29.1 Å². The van der Waals surface area contributed by atoms with E-state index in [9.17, 15) is 5.41 Å². The second-order valence-corrected chi connectivity index (χ2v) is 12.3. The highest BCUT2D eigenvalue weighted by Gasteiger charge is 2.31. The summed E-state index contributed by atoms with van der Waals surface area (Å²) in [5.74, 6) is 1.77. The van der Waals surface area contributed by atoms with Gasteiger partial charge >= 0.3 is 0 Å². The molecule has 0 spiro atoms. The maximum absolute atomic E-state index is 9.43. The number of aromatic nitrogens is 11. The topological polar surface area (TPSA) is 170 Å². The van der Waals surface area contributed by atoms with Gasteiger partial charge in [-0.05, 0) is 61.5 Å². The van der Waals surface area contributed by atoms with Gasteiger partial charge in [-0.3, -0.25) is 15.4 Å². The first-order chi connectivity index (χ1) is 27.7. The van der Waals surface area contributed by atoms with E-state index in [1.54, 1.807) is 105 Å². The van der Waals surface area contributed by atoms with Gasteiger partial charge in [-0.2, -0.15) is 0 Å². The molecule has 0 fully saturated rings. The molecular formula is C43H29N13. The average Bonchev–Trinajstić information content (AvgIpc) is 3.60. The third kappa shape index (κ3) is 5.94. The van der Waals surface area contributed by atoms with Crippen LogP contribution in [0, 0.1) is 5.41 Å². The molecule has 0 saturated heterocycles. The molecule has 266 valence electrons. The van der Waals surface area contributed by atoms with Crippen molar-refractivity contribution in [3.8, 4) is 62.5 Å². The van der Waals surface area contributed by atoms with Crippen LogP contribution in [0.2, 0.25) is 0 Å². The van der Waals surface area contributed by atoms with Crippen LogP contribution >= 0.6 is 0 Å². The molecule has 6 heterocycles. The minimum atomic E-state index is 0.0102. The molecule has 9 aromatic rings. The summed E-state index contributed by atoms with van der Waals surface area (Å²) in [4.78, 5) is 52.0. The summed E-state index contributed by atoms with van der Waals surface area (Å²) in [5, 5.41) is 11.0. The van der Waals surface area contributed by atoms with E-state index in [2.05, 4.69) is 20.6 Å². The first-order valence-corrected chi connectivity index (χ1v) is 17.6. The Labute approximate surface area is 319 Å². The van der Waals surface area contributed by atoms with Gasteiger partial charge < -0.3 is 4.57 Å². The molecule has 0 amide bonds. The van der Waals surface area contributed by atoms with Crippen LogP contribution in [0.4, 0.5) is 0 Å². The standard InChI is InChI=1S/C43H29N13/c1-2-3-13-47-39(44)30-24-28-29-25-31(40-48-14-7-15-49-40)34(41-50-16-8-17-51-41)36(43-54-20-10-21-55-43)38(29)56(27-11-5-4-6-12-27)37(28)35(42-52-18-9-19-53-42)33(30)32-26-45-22-23-46-32/h2-26,44H,1H3/b3-2-,44-39?,47-13?. The van der Waals surface area contributed by atoms with Crippen molar-refractivity contribution in [1.29, 1.82) is 5.41 Å². The number of benzene rings is 3. The van der Waals surface area contributed by atoms with E-state index >= 15 is 0 Å². The van der Waals surface area contributed by atoms with Crippen molar-refractivity contribution >= 4 is 33.9 Å². The minimum absolute atomic E-state index is 0.0102. The van der Waals surface area contributed by atoms with Gasteiger partial charge in [0.2, 0.25) is 0 Å². The molecule has 13 nitrogen and oxygen atoms in total. The number of nitrogens with zero attached hydrogens (tertiary/aromatic N) is 12. The quantitative estimate of drug-likeness (QED) is 0.119. The van der Waals surface area contributed by atoms with E-state index < -0.39 is 0 Å². The average molecular weight is 728 g/mol. The van der Waals surface area contributed by atoms with Crippen molar-refractivity contribution in [1.82, 2.24) is 54.4 Å². The van der Waals surface area contributed by atoms with Crippen molar-refractivity contribution in [2.75, 3.05) is 0 Å². The predicted molar refractivity (Wildman–Crippen MR) is 216 cm³/mol. The molecule has 0 aliphatic heterocycles. The molecule has 6 aromatic heterocycles. The number of nitrogens with one attached hydrogen (secondary N) is 1. The van der Waals surface area contributed by atoms with Crippen molar-refractivity contribution in [3.63, 3.8) is 0 Å². The lowest BCUT2D eigenvalue weighted by molar-refractivity contribution is 1.12. The van der Waals surface area contributed by atoms with Crippen LogP contribution in [0.25, 0.3) is 84.3 Å². The molecule has 56 heavy (non-hydrogen) atoms. The monoisotopic (exact) mass is 727 g/mol. The van der Waals surface area contributed by atoms with Gasteiger partial charge in [0.1, 0.15) is 0 Å². The van der Waals surface area contributed by atoms with Crippen LogP contribution in [-0.4, -0.2) is 66.5 Å². The summed E-state index contributed by atoms with van der Waals surface area (Å²) >= 11 is 0. The normalized spacial score (nSPS) is 11.6. The van der Waals surface area contributed by atoms with E-state index in [4.69, 9.17) is 44.9 Å². The molecule has 0 unspecified atom stereocenters. The Balaban J connectivity index is 1.60. The second kappa shape index (κ2) is 14.8. The molecule has 1 N–H and O–H groups in total. The Bertz CT molecular complexity index is 2900. The minimum Gasteiger partial charge on any atom is -0.308 e. The van der Waals surface area contributed by atoms with Crippen molar-refractivity contribution in [2.45, 2.75) is 6.92 Å². The van der Waals surface area contributed by atoms with E-state index in [0.717, 1.165) is 27.5 Å². The zero-order valence-corrected chi connectivity index (χ0v) is 29.8. The van der Waals surface area contributed by atoms with Crippen molar-refractivity contribution in [2.24, 2.45) is 4.99 Å². The first kappa shape index (κ1) is 33.8. The third-order valence-corrected chi connectivity index (χ3v) is 9.08. The molecule has 9 rings (SSSR count). The summed E-state index contributed by atoms with van der Waals surface area (Å²) < 4.78 is 2.17. The van der Waals surface area contributed by atoms with Gasteiger partial charge in [0.25, 0.3) is 0 Å². The first-order valence-electron chi connectivity index (χ1n) is 17.6. The fraction of sp³-hybridized carbons (Fsp3) is 0.0233. The SMILES string of the molecule is C/C=C\C=NC(=N)c1cc2c3cc(-c4ncccn4)c(-c4ncccn4)c(-c4ncccn4)c3n(-c3ccccc3)c2c(-c2ncccn2)c1-c1cnccn1. The molecule has 0 radical (unpaired) electrons. The number of fused-ring (bicyclic) bond motifs is 3. The molecular weight excluding hydrogens is 699 g/mol. The number of aliphatic imine (C=N–C) groups is 1. The number of allylic oxidation sites excluding steroid dienone is 2. The Hall–Kier alpha value is -8.06. The lowest BCUT2D eigenvalue weighted by atomic mass is 9.91. The highest BCUT2D eigenvalue weighted by molar-refractivity contribution is 6.24. The lowest BCUT2D eigenvalue weighted by Gasteiger charge is -2.18. The number of rotatable bonds is 8. The molecule has 0 bridgehead atoms. The van der Waals surface area contributed by atoms with Gasteiger partial charge in [-0.25, -0.2) is 44.9 Å². The summed E-state index contributed by atoms with van der Waals surface area (Å²) in [6.45, 7) is 1.90. The van der Waals surface area contributed by atoms with Crippen LogP contribution < -0.4 is 0 Å². The van der Waals surface area contributed by atoms with Gasteiger partial charge in [0, 0.05) is 107 Å². The zero-order chi connectivity index (χ0) is 37.8. The Kier molecular flexibility index (Phi) is 8.89. The molecule has 13 heteroatoms. The van der Waals surface area contributed by atoms with Crippen LogP contribution in [0.3, 0.4) is 0 Å². The summed E-state index contributed by atoms with van der Waals surface area (Å²) in [6, 6.07) is 21.2. The molecule has 3 aromatic carbocycles. The number of para-hydroxylation sites is 1. The van der Waals surface area contributed by atoms with E-state index in [-0.39, 0.29) is 5.84 Å². The summed E-state index contributed by atoms with van der Waals surface area (Å²) in [6.07, 6.45) is 23.8. The highest BCUT2D eigenvalue weighted by atomic mass is 15.0. The number of hydrogen-bond acceptors (Lipinski definition) is 11. The maximum Gasteiger partial charge on any atom is 0.162 e.